The van der Waals surface area contributed by atoms with E-state index in [1.54, 1.807) is 0 Å². The minimum absolute atomic E-state index is 0.524. The maximum absolute atomic E-state index is 8.92. The van der Waals surface area contributed by atoms with Crippen molar-refractivity contribution in [3.05, 3.63) is 53.6 Å². The highest BCUT2D eigenvalue weighted by Gasteiger charge is 2.18. The van der Waals surface area contributed by atoms with Gasteiger partial charge >= 0.3 is 0 Å². The Morgan fingerprint density at radius 1 is 1.35 bits per heavy atom. The number of nitrogens with zero attached hydrogens (tertiary/aromatic N) is 3. The summed E-state index contributed by atoms with van der Waals surface area (Å²) in [6.45, 7) is 2.43. The molecule has 1 aliphatic rings. The number of ether oxygens (including phenoxy) is 1. The van der Waals surface area contributed by atoms with Crippen LogP contribution in [0.25, 0.3) is 0 Å². The Morgan fingerprint density at radius 3 is 3.00 bits per heavy atom. The van der Waals surface area contributed by atoms with Gasteiger partial charge in [0.05, 0.1) is 23.7 Å². The largest absolute Gasteiger partial charge is 0.381 e. The first-order chi connectivity index (χ1) is 9.85. The highest BCUT2D eigenvalue weighted by atomic mass is 16.5. The molecule has 1 aromatic heterocycles. The van der Waals surface area contributed by atoms with Crippen molar-refractivity contribution in [2.45, 2.75) is 25.3 Å². The van der Waals surface area contributed by atoms with Gasteiger partial charge in [0.25, 0.3) is 0 Å². The van der Waals surface area contributed by atoms with Crippen LogP contribution in [0.5, 0.6) is 0 Å². The molecule has 0 amide bonds. The van der Waals surface area contributed by atoms with E-state index >= 15 is 0 Å². The quantitative estimate of drug-likeness (QED) is 0.859. The summed E-state index contributed by atoms with van der Waals surface area (Å²) in [6.07, 6.45) is 6.11. The van der Waals surface area contributed by atoms with Crippen molar-refractivity contribution in [1.82, 2.24) is 9.55 Å². The molecule has 2 heterocycles. The fraction of sp³-hybridized carbons (Fsp3) is 0.375. The van der Waals surface area contributed by atoms with Crippen molar-refractivity contribution < 1.29 is 4.74 Å². The van der Waals surface area contributed by atoms with Crippen LogP contribution in [0.1, 0.15) is 35.6 Å². The van der Waals surface area contributed by atoms with E-state index < -0.39 is 0 Å². The van der Waals surface area contributed by atoms with Crippen LogP contribution in [0.2, 0.25) is 0 Å². The average Bonchev–Trinajstić information content (AvgIpc) is 2.97. The average molecular weight is 267 g/mol. The van der Waals surface area contributed by atoms with Crippen molar-refractivity contribution >= 4 is 0 Å². The number of rotatable bonds is 3. The highest BCUT2D eigenvalue weighted by molar-refractivity contribution is 5.32. The number of hydrogen-bond donors (Lipinski definition) is 0. The maximum Gasteiger partial charge on any atom is 0.0991 e. The fourth-order valence-electron chi connectivity index (χ4n) is 2.62. The lowest BCUT2D eigenvalue weighted by molar-refractivity contribution is 0.0845. The number of hydrogen-bond acceptors (Lipinski definition) is 3. The van der Waals surface area contributed by atoms with Crippen molar-refractivity contribution in [2.75, 3.05) is 13.2 Å². The molecule has 0 N–H and O–H groups in total. The molecule has 3 rings (SSSR count). The van der Waals surface area contributed by atoms with Crippen LogP contribution in [0.15, 0.2) is 36.8 Å². The second kappa shape index (κ2) is 5.89. The standard InChI is InChI=1S/C16H17N3O/c17-9-13-2-1-3-14(8-13)10-19-11-16(18-12-19)15-4-6-20-7-5-15/h1-3,8,11-12,15H,4-7,10H2. The van der Waals surface area contributed by atoms with Gasteiger partial charge in [-0.2, -0.15) is 5.26 Å². The molecule has 4 heteroatoms. The van der Waals surface area contributed by atoms with Crippen LogP contribution in [-0.4, -0.2) is 22.8 Å². The Labute approximate surface area is 118 Å². The second-order valence-electron chi connectivity index (χ2n) is 5.17. The minimum atomic E-state index is 0.524. The van der Waals surface area contributed by atoms with E-state index in [4.69, 9.17) is 10.00 Å². The first-order valence-corrected chi connectivity index (χ1v) is 6.93. The smallest absolute Gasteiger partial charge is 0.0991 e. The third-order valence-corrected chi connectivity index (χ3v) is 3.71. The number of imidazole rings is 1. The van der Waals surface area contributed by atoms with Crippen LogP contribution in [0.3, 0.4) is 0 Å². The Kier molecular flexibility index (Phi) is 3.80. The Bertz CT molecular complexity index is 621. The van der Waals surface area contributed by atoms with E-state index in [2.05, 4.69) is 21.8 Å². The molecule has 0 saturated carbocycles. The summed E-state index contributed by atoms with van der Waals surface area (Å²) in [5.74, 6) is 0.524. The third-order valence-electron chi connectivity index (χ3n) is 3.71. The zero-order chi connectivity index (χ0) is 13.8. The highest BCUT2D eigenvalue weighted by Crippen LogP contribution is 2.25. The van der Waals surface area contributed by atoms with Gasteiger partial charge in [-0.15, -0.1) is 0 Å². The summed E-state index contributed by atoms with van der Waals surface area (Å²) >= 11 is 0. The van der Waals surface area contributed by atoms with Crippen LogP contribution in [0, 0.1) is 11.3 Å². The predicted molar refractivity (Wildman–Crippen MR) is 75.3 cm³/mol. The first kappa shape index (κ1) is 12.9. The van der Waals surface area contributed by atoms with Gasteiger partial charge in [-0.05, 0) is 30.5 Å². The van der Waals surface area contributed by atoms with Gasteiger partial charge in [-0.1, -0.05) is 12.1 Å². The molecule has 102 valence electrons. The SMILES string of the molecule is N#Cc1cccc(Cn2cnc(C3CCOCC3)c2)c1. The molecule has 0 spiro atoms. The van der Waals surface area contributed by atoms with Crippen LogP contribution in [-0.2, 0) is 11.3 Å². The van der Waals surface area contributed by atoms with Gasteiger partial charge in [0.2, 0.25) is 0 Å². The van der Waals surface area contributed by atoms with E-state index in [1.807, 2.05) is 30.6 Å². The molecule has 4 nitrogen and oxygen atoms in total. The van der Waals surface area contributed by atoms with Gasteiger partial charge < -0.3 is 9.30 Å². The molecule has 0 aliphatic carbocycles. The monoisotopic (exact) mass is 267 g/mol. The number of nitriles is 1. The van der Waals surface area contributed by atoms with E-state index in [1.165, 1.54) is 0 Å². The van der Waals surface area contributed by atoms with Gasteiger partial charge in [0.15, 0.2) is 0 Å². The van der Waals surface area contributed by atoms with Crippen molar-refractivity contribution in [1.29, 1.82) is 5.26 Å². The van der Waals surface area contributed by atoms with Gasteiger partial charge in [-0.25, -0.2) is 4.98 Å². The summed E-state index contributed by atoms with van der Waals surface area (Å²) in [6, 6.07) is 9.88. The Hall–Kier alpha value is -2.12. The Balaban J connectivity index is 1.71. The predicted octanol–water partition coefficient (Wildman–Crippen LogP) is 2.70. The van der Waals surface area contributed by atoms with E-state index in [-0.39, 0.29) is 0 Å². The number of benzene rings is 1. The zero-order valence-electron chi connectivity index (χ0n) is 11.3. The lowest BCUT2D eigenvalue weighted by Crippen LogP contribution is -2.14. The summed E-state index contributed by atoms with van der Waals surface area (Å²) in [5.41, 5.74) is 2.98. The molecule has 1 aromatic carbocycles. The molecule has 0 radical (unpaired) electrons. The summed E-state index contributed by atoms with van der Waals surface area (Å²) in [4.78, 5) is 4.52. The summed E-state index contributed by atoms with van der Waals surface area (Å²) in [5, 5.41) is 8.92. The summed E-state index contributed by atoms with van der Waals surface area (Å²) in [7, 11) is 0. The lowest BCUT2D eigenvalue weighted by Gasteiger charge is -2.19. The van der Waals surface area contributed by atoms with E-state index in [0.717, 1.165) is 43.9 Å². The normalized spacial score (nSPS) is 15.9. The molecule has 0 atom stereocenters. The van der Waals surface area contributed by atoms with Crippen LogP contribution >= 0.6 is 0 Å². The maximum atomic E-state index is 8.92. The molecule has 1 saturated heterocycles. The van der Waals surface area contributed by atoms with Gasteiger partial charge in [0, 0.05) is 31.9 Å². The molecular formula is C16H17N3O. The molecule has 20 heavy (non-hydrogen) atoms. The summed E-state index contributed by atoms with van der Waals surface area (Å²) < 4.78 is 7.47. The number of aromatic nitrogens is 2. The zero-order valence-corrected chi connectivity index (χ0v) is 11.3. The molecule has 1 aliphatic heterocycles. The van der Waals surface area contributed by atoms with Gasteiger partial charge in [0.1, 0.15) is 0 Å². The molecule has 0 unspecified atom stereocenters. The van der Waals surface area contributed by atoms with Crippen LogP contribution in [0.4, 0.5) is 0 Å². The Morgan fingerprint density at radius 2 is 2.20 bits per heavy atom. The minimum Gasteiger partial charge on any atom is -0.381 e. The molecule has 0 bridgehead atoms. The topological polar surface area (TPSA) is 50.8 Å². The van der Waals surface area contributed by atoms with Crippen molar-refractivity contribution in [2.24, 2.45) is 0 Å². The van der Waals surface area contributed by atoms with Crippen molar-refractivity contribution in [3.8, 4) is 6.07 Å². The van der Waals surface area contributed by atoms with E-state index in [9.17, 15) is 0 Å². The third kappa shape index (κ3) is 2.89. The van der Waals surface area contributed by atoms with E-state index in [0.29, 0.717) is 11.5 Å². The van der Waals surface area contributed by atoms with Gasteiger partial charge in [-0.3, -0.25) is 0 Å². The lowest BCUT2D eigenvalue weighted by atomic mass is 9.97. The molecule has 1 fully saturated rings. The molecular weight excluding hydrogens is 250 g/mol. The van der Waals surface area contributed by atoms with Crippen molar-refractivity contribution in [3.63, 3.8) is 0 Å². The fourth-order valence-corrected chi connectivity index (χ4v) is 2.62. The first-order valence-electron chi connectivity index (χ1n) is 6.93. The second-order valence-corrected chi connectivity index (χ2v) is 5.17. The van der Waals surface area contributed by atoms with Crippen LogP contribution < -0.4 is 0 Å². The molecule has 2 aromatic rings.